The number of aryl methyl sites for hydroxylation is 1. The highest BCUT2D eigenvalue weighted by Gasteiger charge is 2.18. The largest absolute Gasteiger partial charge is 0.398 e. The van der Waals surface area contributed by atoms with Crippen LogP contribution in [-0.2, 0) is 16.6 Å². The van der Waals surface area contributed by atoms with E-state index in [2.05, 4.69) is 14.9 Å². The number of rotatable bonds is 5. The molecule has 0 unspecified atom stereocenters. The van der Waals surface area contributed by atoms with Gasteiger partial charge in [0.25, 0.3) is 0 Å². The van der Waals surface area contributed by atoms with E-state index in [-0.39, 0.29) is 22.7 Å². The van der Waals surface area contributed by atoms with E-state index in [1.54, 1.807) is 6.92 Å². The van der Waals surface area contributed by atoms with Crippen LogP contribution in [0.15, 0.2) is 29.3 Å². The molecule has 6 N–H and O–H groups in total. The van der Waals surface area contributed by atoms with Gasteiger partial charge in [-0.2, -0.15) is 5.10 Å². The van der Waals surface area contributed by atoms with Crippen molar-refractivity contribution >= 4 is 21.6 Å². The van der Waals surface area contributed by atoms with E-state index in [1.807, 2.05) is 0 Å². The smallest absolute Gasteiger partial charge is 0.248 e. The minimum absolute atomic E-state index is 0.0392. The number of amides is 1. The van der Waals surface area contributed by atoms with Gasteiger partial charge in [0.1, 0.15) is 4.90 Å². The molecule has 9 heteroatoms. The number of aromatic nitrogens is 2. The number of nitrogen functional groups attached to an aromatic ring is 1. The quantitative estimate of drug-likeness (QED) is 0.569. The topological polar surface area (TPSA) is 144 Å². The Hall–Kier alpha value is -2.39. The Labute approximate surface area is 121 Å². The number of benzene rings is 1. The maximum absolute atomic E-state index is 12.2. The van der Waals surface area contributed by atoms with Gasteiger partial charge >= 0.3 is 0 Å². The molecule has 0 saturated heterocycles. The fourth-order valence-electron chi connectivity index (χ4n) is 1.75. The Morgan fingerprint density at radius 1 is 1.43 bits per heavy atom. The Morgan fingerprint density at radius 2 is 2.14 bits per heavy atom. The van der Waals surface area contributed by atoms with Gasteiger partial charge < -0.3 is 11.5 Å². The molecular formula is C12H15N5O3S. The highest BCUT2D eigenvalue weighted by molar-refractivity contribution is 7.89. The Balaban J connectivity index is 2.23. The number of anilines is 1. The van der Waals surface area contributed by atoms with Gasteiger partial charge in [0.05, 0.1) is 11.9 Å². The summed E-state index contributed by atoms with van der Waals surface area (Å²) in [5.74, 6) is -0.673. The molecule has 0 spiro atoms. The van der Waals surface area contributed by atoms with Gasteiger partial charge in [0, 0.05) is 23.4 Å². The van der Waals surface area contributed by atoms with Crippen molar-refractivity contribution in [1.29, 1.82) is 0 Å². The molecule has 1 aromatic heterocycles. The number of H-pyrrole nitrogens is 1. The fraction of sp³-hybridized carbons (Fsp3) is 0.167. The first-order valence-electron chi connectivity index (χ1n) is 5.99. The molecule has 0 radical (unpaired) electrons. The number of hydrogen-bond acceptors (Lipinski definition) is 5. The highest BCUT2D eigenvalue weighted by Crippen LogP contribution is 2.20. The van der Waals surface area contributed by atoms with E-state index < -0.39 is 15.9 Å². The third-order valence-corrected chi connectivity index (χ3v) is 4.45. The summed E-state index contributed by atoms with van der Waals surface area (Å²) in [5.41, 5.74) is 12.4. The van der Waals surface area contributed by atoms with Gasteiger partial charge in [0.15, 0.2) is 0 Å². The average Bonchev–Trinajstić information content (AvgIpc) is 2.81. The Morgan fingerprint density at radius 3 is 2.67 bits per heavy atom. The summed E-state index contributed by atoms with van der Waals surface area (Å²) in [5, 5.41) is 6.52. The molecular weight excluding hydrogens is 294 g/mol. The van der Waals surface area contributed by atoms with Crippen molar-refractivity contribution in [2.24, 2.45) is 5.73 Å². The third-order valence-electron chi connectivity index (χ3n) is 2.97. The van der Waals surface area contributed by atoms with Crippen LogP contribution in [0.1, 0.15) is 21.6 Å². The van der Waals surface area contributed by atoms with E-state index in [4.69, 9.17) is 11.5 Å². The SMILES string of the molecule is Cc1[nH]ncc1CNS(=O)(=O)c1ccc(C(N)=O)cc1N. The standard InChI is InChI=1S/C12H15N5O3S/c1-7-9(5-15-17-7)6-16-21(19,20)11-3-2-8(12(14)18)4-10(11)13/h2-5,16H,6,13H2,1H3,(H2,14,18)(H,15,17). The maximum Gasteiger partial charge on any atom is 0.248 e. The first-order chi connectivity index (χ1) is 9.81. The zero-order chi connectivity index (χ0) is 15.6. The summed E-state index contributed by atoms with van der Waals surface area (Å²) in [7, 11) is -3.80. The number of nitrogens with one attached hydrogen (secondary N) is 2. The first kappa shape index (κ1) is 15.0. The van der Waals surface area contributed by atoms with Crippen LogP contribution < -0.4 is 16.2 Å². The molecule has 0 aliphatic heterocycles. The summed E-state index contributed by atoms with van der Waals surface area (Å²) in [6.45, 7) is 1.87. The van der Waals surface area contributed by atoms with Gasteiger partial charge in [-0.05, 0) is 25.1 Å². The predicted octanol–water partition coefficient (Wildman–Crippen LogP) is -0.122. The molecule has 1 amide bonds. The normalized spacial score (nSPS) is 11.5. The highest BCUT2D eigenvalue weighted by atomic mass is 32.2. The molecule has 2 rings (SSSR count). The number of carbonyl (C=O) groups is 1. The monoisotopic (exact) mass is 309 g/mol. The first-order valence-corrected chi connectivity index (χ1v) is 7.47. The van der Waals surface area contributed by atoms with Crippen LogP contribution >= 0.6 is 0 Å². The molecule has 0 aliphatic carbocycles. The lowest BCUT2D eigenvalue weighted by molar-refractivity contribution is 0.1000. The minimum Gasteiger partial charge on any atom is -0.398 e. The molecule has 0 atom stereocenters. The van der Waals surface area contributed by atoms with Gasteiger partial charge in [-0.1, -0.05) is 0 Å². The number of primary amides is 1. The second-order valence-electron chi connectivity index (χ2n) is 4.46. The average molecular weight is 309 g/mol. The second-order valence-corrected chi connectivity index (χ2v) is 6.20. The van der Waals surface area contributed by atoms with Crippen LogP contribution in [0, 0.1) is 6.92 Å². The number of sulfonamides is 1. The number of nitrogens with zero attached hydrogens (tertiary/aromatic N) is 1. The van der Waals surface area contributed by atoms with Gasteiger partial charge in [-0.3, -0.25) is 9.89 Å². The number of carbonyl (C=O) groups excluding carboxylic acids is 1. The molecule has 0 saturated carbocycles. The molecule has 1 heterocycles. The maximum atomic E-state index is 12.2. The molecule has 21 heavy (non-hydrogen) atoms. The third kappa shape index (κ3) is 3.20. The predicted molar refractivity (Wildman–Crippen MR) is 76.7 cm³/mol. The lowest BCUT2D eigenvalue weighted by Crippen LogP contribution is -2.24. The van der Waals surface area contributed by atoms with Crippen LogP contribution in [0.2, 0.25) is 0 Å². The van der Waals surface area contributed by atoms with Crippen molar-refractivity contribution in [3.63, 3.8) is 0 Å². The number of hydrogen-bond donors (Lipinski definition) is 4. The Bertz CT molecular complexity index is 782. The number of aromatic amines is 1. The van der Waals surface area contributed by atoms with Crippen LogP contribution in [0.25, 0.3) is 0 Å². The molecule has 0 bridgehead atoms. The molecule has 8 nitrogen and oxygen atoms in total. The zero-order valence-electron chi connectivity index (χ0n) is 11.3. The summed E-state index contributed by atoms with van der Waals surface area (Å²) >= 11 is 0. The summed E-state index contributed by atoms with van der Waals surface area (Å²) in [4.78, 5) is 10.9. The van der Waals surface area contributed by atoms with Crippen molar-refractivity contribution < 1.29 is 13.2 Å². The van der Waals surface area contributed by atoms with Crippen LogP contribution in [0.5, 0.6) is 0 Å². The second kappa shape index (κ2) is 5.54. The van der Waals surface area contributed by atoms with Crippen LogP contribution in [0.4, 0.5) is 5.69 Å². The van der Waals surface area contributed by atoms with E-state index >= 15 is 0 Å². The van der Waals surface area contributed by atoms with E-state index in [0.717, 1.165) is 11.3 Å². The minimum atomic E-state index is -3.80. The molecule has 2 aromatic rings. The molecule has 0 aliphatic rings. The zero-order valence-corrected chi connectivity index (χ0v) is 12.1. The lowest BCUT2D eigenvalue weighted by Gasteiger charge is -2.09. The van der Waals surface area contributed by atoms with Gasteiger partial charge in [-0.15, -0.1) is 0 Å². The summed E-state index contributed by atoms with van der Waals surface area (Å²) < 4.78 is 26.8. The van der Waals surface area contributed by atoms with E-state index in [9.17, 15) is 13.2 Å². The van der Waals surface area contributed by atoms with Gasteiger partial charge in [0.2, 0.25) is 15.9 Å². The van der Waals surface area contributed by atoms with Crippen LogP contribution in [-0.4, -0.2) is 24.5 Å². The van der Waals surface area contributed by atoms with E-state index in [0.29, 0.717) is 0 Å². The number of nitrogens with two attached hydrogens (primary N) is 2. The molecule has 0 fully saturated rings. The molecule has 1 aromatic carbocycles. The summed E-state index contributed by atoms with van der Waals surface area (Å²) in [6.07, 6.45) is 1.54. The Kier molecular flexibility index (Phi) is 3.96. The fourth-order valence-corrected chi connectivity index (χ4v) is 2.87. The van der Waals surface area contributed by atoms with Crippen molar-refractivity contribution in [2.45, 2.75) is 18.4 Å². The van der Waals surface area contributed by atoms with Crippen molar-refractivity contribution in [3.8, 4) is 0 Å². The van der Waals surface area contributed by atoms with Crippen molar-refractivity contribution in [3.05, 3.63) is 41.2 Å². The van der Waals surface area contributed by atoms with Crippen molar-refractivity contribution in [1.82, 2.24) is 14.9 Å². The van der Waals surface area contributed by atoms with E-state index in [1.165, 1.54) is 24.4 Å². The van der Waals surface area contributed by atoms with Crippen LogP contribution in [0.3, 0.4) is 0 Å². The van der Waals surface area contributed by atoms with Gasteiger partial charge in [-0.25, -0.2) is 13.1 Å². The lowest BCUT2D eigenvalue weighted by atomic mass is 10.2. The summed E-state index contributed by atoms with van der Waals surface area (Å²) in [6, 6.07) is 3.80. The van der Waals surface area contributed by atoms with Crippen molar-refractivity contribution in [2.75, 3.05) is 5.73 Å². The molecule has 112 valence electrons.